The van der Waals surface area contributed by atoms with Gasteiger partial charge in [-0.25, -0.2) is 0 Å². The number of halogens is 2. The van der Waals surface area contributed by atoms with Gasteiger partial charge in [0, 0.05) is 53.9 Å². The number of alkyl halides is 2. The van der Waals surface area contributed by atoms with Gasteiger partial charge in [0.05, 0.1) is 35.1 Å². The highest BCUT2D eigenvalue weighted by Gasteiger charge is 2.41. The van der Waals surface area contributed by atoms with E-state index >= 15 is 0 Å². The monoisotopic (exact) mass is 625 g/mol. The van der Waals surface area contributed by atoms with Gasteiger partial charge < -0.3 is 35.1 Å². The van der Waals surface area contributed by atoms with E-state index in [9.17, 15) is 28.3 Å². The maximum atomic E-state index is 13.3. The molecule has 3 amide bonds. The maximum absolute atomic E-state index is 13.3. The van der Waals surface area contributed by atoms with Crippen molar-refractivity contribution in [2.24, 2.45) is 0 Å². The second-order valence-corrected chi connectivity index (χ2v) is 11.6. The van der Waals surface area contributed by atoms with Crippen LogP contribution in [0.5, 0.6) is 5.75 Å². The summed E-state index contributed by atoms with van der Waals surface area (Å²) in [6, 6.07) is 6.46. The van der Waals surface area contributed by atoms with Gasteiger partial charge in [-0.3, -0.25) is 19.4 Å². The van der Waals surface area contributed by atoms with Crippen LogP contribution >= 0.6 is 11.8 Å². The minimum absolute atomic E-state index is 0.183. The lowest BCUT2D eigenvalue weighted by Gasteiger charge is -2.26. The van der Waals surface area contributed by atoms with Gasteiger partial charge >= 0.3 is 6.61 Å². The summed E-state index contributed by atoms with van der Waals surface area (Å²) in [5.74, 6) is -0.439. The van der Waals surface area contributed by atoms with Crippen molar-refractivity contribution in [1.82, 2.24) is 25.5 Å². The Bertz CT molecular complexity index is 1630. The van der Waals surface area contributed by atoms with E-state index in [1.54, 1.807) is 54.5 Å². The number of hydrogen-bond donors (Lipinski definition) is 4. The number of aliphatic hydroxyl groups excluding tert-OH is 1. The summed E-state index contributed by atoms with van der Waals surface area (Å²) in [7, 11) is 0. The van der Waals surface area contributed by atoms with Gasteiger partial charge in [-0.15, -0.1) is 0 Å². The number of amides is 3. The third-order valence-electron chi connectivity index (χ3n) is 7.64. The molecule has 0 bridgehead atoms. The number of thioether (sulfide) groups is 1. The fourth-order valence-corrected chi connectivity index (χ4v) is 6.47. The second kappa shape index (κ2) is 12.8. The molecule has 3 aliphatic rings. The molecule has 0 unspecified atom stereocenters. The summed E-state index contributed by atoms with van der Waals surface area (Å²) in [5, 5.41) is 16.0. The Labute approximate surface area is 254 Å². The Kier molecular flexibility index (Phi) is 8.64. The first-order valence-corrected chi connectivity index (χ1v) is 14.8. The zero-order valence-electron chi connectivity index (χ0n) is 23.3. The zero-order valence-corrected chi connectivity index (χ0v) is 24.1. The molecule has 1 aromatic carbocycles. The first-order chi connectivity index (χ1) is 21.3. The second-order valence-electron chi connectivity index (χ2n) is 10.5. The molecule has 4 N–H and O–H groups in total. The molecular weight excluding hydrogens is 596 g/mol. The average molecular weight is 626 g/mol. The molecule has 230 valence electrons. The highest BCUT2D eigenvalue weighted by Crippen LogP contribution is 2.44. The maximum Gasteiger partial charge on any atom is 0.345 e. The van der Waals surface area contributed by atoms with E-state index in [-0.39, 0.29) is 18.5 Å². The van der Waals surface area contributed by atoms with Crippen LogP contribution in [0, 0.1) is 0 Å². The molecule has 1 fully saturated rings. The quantitative estimate of drug-likeness (QED) is 0.283. The summed E-state index contributed by atoms with van der Waals surface area (Å²) in [6.45, 7) is -4.30. The summed E-state index contributed by atoms with van der Waals surface area (Å²) >= 11 is 1.56. The van der Waals surface area contributed by atoms with Gasteiger partial charge in [-0.2, -0.15) is 8.78 Å². The number of carbonyl (C=O) groups is 3. The summed E-state index contributed by atoms with van der Waals surface area (Å²) in [4.78, 5) is 49.7. The van der Waals surface area contributed by atoms with E-state index in [1.165, 1.54) is 0 Å². The van der Waals surface area contributed by atoms with Crippen molar-refractivity contribution in [3.05, 3.63) is 76.8 Å². The zero-order chi connectivity index (χ0) is 30.8. The molecule has 44 heavy (non-hydrogen) atoms. The number of nitrogens with zero attached hydrogens (tertiary/aromatic N) is 2. The molecule has 3 aromatic rings. The van der Waals surface area contributed by atoms with Crippen LogP contribution in [0.2, 0.25) is 0 Å². The first kappa shape index (κ1) is 29.8. The molecule has 3 atom stereocenters. The van der Waals surface area contributed by atoms with Gasteiger partial charge in [0.1, 0.15) is 17.6 Å². The van der Waals surface area contributed by atoms with E-state index in [1.807, 2.05) is 6.08 Å². The van der Waals surface area contributed by atoms with Crippen LogP contribution in [-0.2, 0) is 14.3 Å². The molecule has 0 spiro atoms. The lowest BCUT2D eigenvalue weighted by Crippen LogP contribution is -2.50. The van der Waals surface area contributed by atoms with Crippen molar-refractivity contribution in [1.29, 1.82) is 0 Å². The van der Waals surface area contributed by atoms with Crippen molar-refractivity contribution in [3.63, 3.8) is 0 Å². The summed E-state index contributed by atoms with van der Waals surface area (Å²) < 4.78 is 36.7. The molecule has 6 rings (SSSR count). The van der Waals surface area contributed by atoms with Crippen molar-refractivity contribution in [3.8, 4) is 5.75 Å². The van der Waals surface area contributed by atoms with E-state index in [0.29, 0.717) is 11.4 Å². The predicted octanol–water partition coefficient (Wildman–Crippen LogP) is 3.40. The van der Waals surface area contributed by atoms with E-state index in [0.717, 1.165) is 44.2 Å². The number of pyridine rings is 1. The molecular formula is C30H29F2N5O6S. The predicted molar refractivity (Wildman–Crippen MR) is 156 cm³/mol. The number of likely N-dealkylation sites (tertiary alicyclic amines) is 1. The van der Waals surface area contributed by atoms with Crippen LogP contribution in [0.1, 0.15) is 41.4 Å². The first-order valence-electron chi connectivity index (χ1n) is 14.0. The van der Waals surface area contributed by atoms with Crippen molar-refractivity contribution in [2.75, 3.05) is 19.7 Å². The number of ether oxygens (including phenoxy) is 2. The smallest absolute Gasteiger partial charge is 0.345 e. The van der Waals surface area contributed by atoms with Crippen LogP contribution in [0.15, 0.2) is 70.4 Å². The fraction of sp³-hybridized carbons (Fsp3) is 0.333. The number of nitrogens with one attached hydrogen (secondary N) is 3. The number of allylic oxidation sites excluding steroid dienone is 3. The average Bonchev–Trinajstić information content (AvgIpc) is 3.65. The SMILES string of the molecule is O=C(NCC(=O)N1C[C@H](OC(F)F)C[C@H]1C(=O)N[C@H](CO)c1cc2cnccc2[nH]1)c1ccc2c(c1)OC1=C(C=CCC1)S2. The van der Waals surface area contributed by atoms with Crippen molar-refractivity contribution in [2.45, 2.75) is 49.0 Å². The molecule has 2 aromatic heterocycles. The van der Waals surface area contributed by atoms with Crippen molar-refractivity contribution < 1.29 is 37.7 Å². The highest BCUT2D eigenvalue weighted by atomic mass is 32.2. The molecule has 4 heterocycles. The number of aliphatic hydroxyl groups is 1. The summed E-state index contributed by atoms with van der Waals surface area (Å²) in [5.41, 5.74) is 1.53. The standard InChI is InChI=1S/C30H29F2N5O6S/c31-30(32)42-18-11-22(29(41)36-21(15-38)20-9-17-12-33-8-7-19(17)35-20)37(14-18)27(39)13-34-28(40)16-5-6-26-24(10-16)43-23-3-1-2-4-25(23)44-26/h2,4-10,12,18,21-22,30,35,38H,1,3,11,13-15H2,(H,34,40)(H,36,41)/t18-,21-,22+/m1/s1. The van der Waals surface area contributed by atoms with Gasteiger partial charge in [0.15, 0.2) is 0 Å². The van der Waals surface area contributed by atoms with Crippen LogP contribution in [-0.4, -0.2) is 76.1 Å². The normalized spacial score (nSPS) is 19.9. The van der Waals surface area contributed by atoms with Crippen LogP contribution < -0.4 is 15.4 Å². The number of aromatic nitrogens is 2. The Morgan fingerprint density at radius 2 is 2.11 bits per heavy atom. The molecule has 1 aliphatic carbocycles. The Hall–Kier alpha value is -4.27. The van der Waals surface area contributed by atoms with Gasteiger partial charge in [0.2, 0.25) is 11.8 Å². The molecule has 0 saturated carbocycles. The fourth-order valence-electron chi connectivity index (χ4n) is 5.47. The molecule has 0 radical (unpaired) electrons. The van der Waals surface area contributed by atoms with Gasteiger partial charge in [-0.05, 0) is 42.8 Å². The summed E-state index contributed by atoms with van der Waals surface area (Å²) in [6.07, 6.45) is 7.69. The number of benzene rings is 1. The lowest BCUT2D eigenvalue weighted by atomic mass is 10.1. The van der Waals surface area contributed by atoms with Crippen LogP contribution in [0.4, 0.5) is 8.78 Å². The molecule has 2 aliphatic heterocycles. The number of fused-ring (bicyclic) bond motifs is 2. The minimum atomic E-state index is -3.09. The topological polar surface area (TPSA) is 146 Å². The van der Waals surface area contributed by atoms with E-state index < -0.39 is 55.7 Å². The molecule has 14 heteroatoms. The van der Waals surface area contributed by atoms with Crippen LogP contribution in [0.3, 0.4) is 0 Å². The number of aromatic amines is 1. The van der Waals surface area contributed by atoms with Crippen LogP contribution in [0.25, 0.3) is 10.9 Å². The van der Waals surface area contributed by atoms with E-state index in [4.69, 9.17) is 4.74 Å². The van der Waals surface area contributed by atoms with Crippen molar-refractivity contribution >= 4 is 40.4 Å². The Morgan fingerprint density at radius 1 is 1.25 bits per heavy atom. The third-order valence-corrected chi connectivity index (χ3v) is 8.78. The van der Waals surface area contributed by atoms with E-state index in [2.05, 4.69) is 31.4 Å². The Morgan fingerprint density at radius 3 is 2.91 bits per heavy atom. The Balaban J connectivity index is 1.11. The largest absolute Gasteiger partial charge is 0.459 e. The van der Waals surface area contributed by atoms with Gasteiger partial charge in [-0.1, -0.05) is 17.8 Å². The highest BCUT2D eigenvalue weighted by molar-refractivity contribution is 8.03. The number of hydrogen-bond acceptors (Lipinski definition) is 8. The number of H-pyrrole nitrogens is 1. The van der Waals surface area contributed by atoms with Gasteiger partial charge in [0.25, 0.3) is 5.91 Å². The number of carbonyl (C=O) groups excluding carboxylic acids is 3. The molecule has 11 nitrogen and oxygen atoms in total. The lowest BCUT2D eigenvalue weighted by molar-refractivity contribution is -0.160. The number of rotatable bonds is 9. The third kappa shape index (κ3) is 6.32. The minimum Gasteiger partial charge on any atom is -0.459 e. The molecule has 1 saturated heterocycles.